The van der Waals surface area contributed by atoms with Crippen molar-refractivity contribution in [2.24, 2.45) is 5.73 Å². The first-order chi connectivity index (χ1) is 15.5. The summed E-state index contributed by atoms with van der Waals surface area (Å²) in [5, 5.41) is 9.69. The number of nitrogens with two attached hydrogens (primary N) is 1. The zero-order valence-electron chi connectivity index (χ0n) is 18.5. The van der Waals surface area contributed by atoms with Crippen LogP contribution in [0.25, 0.3) is 10.1 Å². The van der Waals surface area contributed by atoms with Gasteiger partial charge in [0, 0.05) is 34.5 Å². The lowest BCUT2D eigenvalue weighted by Gasteiger charge is -2.11. The van der Waals surface area contributed by atoms with E-state index in [1.165, 1.54) is 23.5 Å². The summed E-state index contributed by atoms with van der Waals surface area (Å²) < 4.78 is 39.9. The van der Waals surface area contributed by atoms with Gasteiger partial charge in [-0.3, -0.25) is 9.59 Å². The first-order valence-electron chi connectivity index (χ1n) is 10.7. The molecule has 0 saturated carbocycles. The number of carbonyl (C=O) groups excluding carboxylic acids is 1. The Morgan fingerprint density at radius 2 is 1.76 bits per heavy atom. The highest BCUT2D eigenvalue weighted by molar-refractivity contribution is 7.19. The molecule has 2 aromatic carbocycles. The molecule has 0 aliphatic rings. The maximum atomic E-state index is 13.1. The number of fused-ring (bicyclic) bond motifs is 1. The van der Waals surface area contributed by atoms with Crippen molar-refractivity contribution in [3.05, 3.63) is 69.1 Å². The van der Waals surface area contributed by atoms with Crippen LogP contribution in [-0.2, 0) is 30.4 Å². The van der Waals surface area contributed by atoms with Crippen molar-refractivity contribution < 1.29 is 27.9 Å². The maximum absolute atomic E-state index is 13.1. The number of thiophene rings is 1. The fourth-order valence-electron chi connectivity index (χ4n) is 4.01. The van der Waals surface area contributed by atoms with Crippen LogP contribution in [0, 0.1) is 0 Å². The van der Waals surface area contributed by atoms with E-state index in [-0.39, 0.29) is 31.1 Å². The van der Waals surface area contributed by atoms with Crippen LogP contribution in [-0.4, -0.2) is 16.9 Å². The van der Waals surface area contributed by atoms with Crippen molar-refractivity contribution >= 4 is 33.2 Å². The summed E-state index contributed by atoms with van der Waals surface area (Å²) in [6, 6.07) is 8.96. The summed E-state index contributed by atoms with van der Waals surface area (Å²) in [4.78, 5) is 24.6. The lowest BCUT2D eigenvalue weighted by Crippen LogP contribution is -2.08. The van der Waals surface area contributed by atoms with Gasteiger partial charge in [-0.25, -0.2) is 0 Å². The highest BCUT2D eigenvalue weighted by Crippen LogP contribution is 2.40. The largest absolute Gasteiger partial charge is 0.481 e. The summed E-state index contributed by atoms with van der Waals surface area (Å²) in [6.45, 7) is 4.19. The van der Waals surface area contributed by atoms with Crippen LogP contribution in [0.15, 0.2) is 36.4 Å². The molecule has 3 N–H and O–H groups in total. The van der Waals surface area contributed by atoms with Gasteiger partial charge < -0.3 is 10.8 Å². The highest BCUT2D eigenvalue weighted by Gasteiger charge is 2.31. The zero-order chi connectivity index (χ0) is 24.3. The third-order valence-electron chi connectivity index (χ3n) is 5.65. The maximum Gasteiger partial charge on any atom is 0.416 e. The Kier molecular flexibility index (Phi) is 7.59. The van der Waals surface area contributed by atoms with Crippen molar-refractivity contribution in [3.63, 3.8) is 0 Å². The lowest BCUT2D eigenvalue weighted by molar-refractivity contribution is -0.138. The minimum Gasteiger partial charge on any atom is -0.481 e. The Hall–Kier alpha value is -2.71. The minimum atomic E-state index is -4.40. The number of carboxylic acid groups (broad SMARTS) is 1. The number of Topliss-reactive ketones (excluding diaryl/α,β-unsaturated/α-hetero) is 1. The summed E-state index contributed by atoms with van der Waals surface area (Å²) in [5.41, 5.74) is 8.16. The van der Waals surface area contributed by atoms with Crippen molar-refractivity contribution in [2.75, 3.05) is 0 Å². The summed E-state index contributed by atoms with van der Waals surface area (Å²) in [5.74, 6) is -0.875. The van der Waals surface area contributed by atoms with E-state index in [2.05, 4.69) is 0 Å². The number of halogens is 3. The number of benzene rings is 2. The Morgan fingerprint density at radius 3 is 2.36 bits per heavy atom. The third kappa shape index (κ3) is 5.81. The van der Waals surface area contributed by atoms with Gasteiger partial charge in [-0.15, -0.1) is 11.3 Å². The first-order valence-corrected chi connectivity index (χ1v) is 11.5. The van der Waals surface area contributed by atoms with E-state index in [9.17, 15) is 22.8 Å². The van der Waals surface area contributed by atoms with Gasteiger partial charge >= 0.3 is 12.1 Å². The van der Waals surface area contributed by atoms with Crippen molar-refractivity contribution in [3.8, 4) is 0 Å². The van der Waals surface area contributed by atoms with Crippen LogP contribution in [0.4, 0.5) is 13.2 Å². The molecule has 0 spiro atoms. The van der Waals surface area contributed by atoms with E-state index in [1.54, 1.807) is 18.2 Å². The second-order valence-corrected chi connectivity index (χ2v) is 9.44. The smallest absolute Gasteiger partial charge is 0.416 e. The monoisotopic (exact) mass is 477 g/mol. The molecule has 176 valence electrons. The van der Waals surface area contributed by atoms with Crippen LogP contribution >= 0.6 is 11.3 Å². The summed E-state index contributed by atoms with van der Waals surface area (Å²) >= 11 is 1.31. The SMILES string of the molecule is CC(C)c1c(CCC(=O)c2ccc(CCC(=O)O)c(CN)c2)sc2cc(C(F)(F)F)ccc12. The number of carbonyl (C=O) groups is 2. The van der Waals surface area contributed by atoms with Gasteiger partial charge in [0.25, 0.3) is 0 Å². The molecule has 0 amide bonds. The Bertz CT molecular complexity index is 1180. The number of rotatable bonds is 9. The molecule has 3 rings (SSSR count). The van der Waals surface area contributed by atoms with Crippen LogP contribution in [0.3, 0.4) is 0 Å². The van der Waals surface area contributed by atoms with Gasteiger partial charge in [0.1, 0.15) is 0 Å². The normalized spacial score (nSPS) is 12.0. The van der Waals surface area contributed by atoms with E-state index < -0.39 is 17.7 Å². The average molecular weight is 478 g/mol. The molecule has 0 unspecified atom stereocenters. The Morgan fingerprint density at radius 1 is 1.03 bits per heavy atom. The number of ketones is 1. The number of carboxylic acids is 1. The van der Waals surface area contributed by atoms with Crippen LogP contribution < -0.4 is 5.73 Å². The van der Waals surface area contributed by atoms with Crippen molar-refractivity contribution in [1.29, 1.82) is 0 Å². The van der Waals surface area contributed by atoms with Crippen molar-refractivity contribution in [2.45, 2.75) is 58.2 Å². The van der Waals surface area contributed by atoms with E-state index in [0.717, 1.165) is 33.0 Å². The molecule has 0 aliphatic carbocycles. The molecule has 8 heteroatoms. The highest BCUT2D eigenvalue weighted by atomic mass is 32.1. The molecule has 0 bridgehead atoms. The zero-order valence-corrected chi connectivity index (χ0v) is 19.3. The number of aryl methyl sites for hydroxylation is 2. The van der Waals surface area contributed by atoms with Gasteiger partial charge in [0.2, 0.25) is 0 Å². The molecule has 1 heterocycles. The summed E-state index contributed by atoms with van der Waals surface area (Å²) in [7, 11) is 0. The number of hydrogen-bond donors (Lipinski definition) is 2. The predicted molar refractivity (Wildman–Crippen MR) is 124 cm³/mol. The third-order valence-corrected chi connectivity index (χ3v) is 6.87. The molecule has 4 nitrogen and oxygen atoms in total. The van der Waals surface area contributed by atoms with E-state index in [0.29, 0.717) is 23.1 Å². The molecular weight excluding hydrogens is 451 g/mol. The molecular formula is C25H26F3NO3S. The molecule has 0 fully saturated rings. The molecule has 3 aromatic rings. The van der Waals surface area contributed by atoms with Crippen LogP contribution in [0.5, 0.6) is 0 Å². The number of alkyl halides is 3. The van der Waals surface area contributed by atoms with Gasteiger partial charge in [-0.1, -0.05) is 32.0 Å². The second kappa shape index (κ2) is 10.1. The average Bonchev–Trinajstić information content (AvgIpc) is 3.13. The fraction of sp³-hybridized carbons (Fsp3) is 0.360. The number of aliphatic carboxylic acids is 1. The van der Waals surface area contributed by atoms with Gasteiger partial charge in [0.15, 0.2) is 5.78 Å². The quantitative estimate of drug-likeness (QED) is 0.353. The molecule has 0 atom stereocenters. The first kappa shape index (κ1) is 24.9. The van der Waals surface area contributed by atoms with E-state index in [1.807, 2.05) is 13.8 Å². The summed E-state index contributed by atoms with van der Waals surface area (Å²) in [6.07, 6.45) is -3.41. The van der Waals surface area contributed by atoms with Crippen LogP contribution in [0.2, 0.25) is 0 Å². The predicted octanol–water partition coefficient (Wildman–Crippen LogP) is 6.33. The minimum absolute atomic E-state index is 0.0136. The van der Waals surface area contributed by atoms with Crippen LogP contribution in [0.1, 0.15) is 70.1 Å². The van der Waals surface area contributed by atoms with Gasteiger partial charge in [0.05, 0.1) is 5.56 Å². The molecule has 1 aromatic heterocycles. The van der Waals surface area contributed by atoms with Crippen molar-refractivity contribution in [1.82, 2.24) is 0 Å². The lowest BCUT2D eigenvalue weighted by atomic mass is 9.94. The second-order valence-electron chi connectivity index (χ2n) is 8.31. The van der Waals surface area contributed by atoms with E-state index in [4.69, 9.17) is 10.8 Å². The van der Waals surface area contributed by atoms with E-state index >= 15 is 0 Å². The molecule has 0 saturated heterocycles. The molecule has 0 aliphatic heterocycles. The molecule has 33 heavy (non-hydrogen) atoms. The standard InChI is InChI=1S/C25H26F3NO3S/c1-14(2)24-19-7-6-18(25(26,27)28)12-22(19)33-21(24)9-8-20(30)16-4-3-15(5-10-23(31)32)17(11-16)13-29/h3-4,6-7,11-12,14H,5,8-10,13,29H2,1-2H3,(H,31,32). The number of hydrogen-bond acceptors (Lipinski definition) is 4. The van der Waals surface area contributed by atoms with Gasteiger partial charge in [-0.2, -0.15) is 13.2 Å². The Labute approximate surface area is 194 Å². The fourth-order valence-corrected chi connectivity index (χ4v) is 5.41. The van der Waals surface area contributed by atoms with Gasteiger partial charge in [-0.05, 0) is 59.0 Å². The Balaban J connectivity index is 1.82. The topological polar surface area (TPSA) is 80.4 Å². The molecule has 0 radical (unpaired) electrons.